The van der Waals surface area contributed by atoms with Crippen molar-refractivity contribution in [2.24, 2.45) is 4.99 Å². The van der Waals surface area contributed by atoms with Crippen molar-refractivity contribution in [2.75, 3.05) is 13.7 Å². The number of halogens is 1. The van der Waals surface area contributed by atoms with Crippen LogP contribution >= 0.6 is 11.8 Å². The molecule has 1 heterocycles. The molecule has 3 rings (SSSR count). The fraction of sp³-hybridized carbons (Fsp3) is 0.143. The Morgan fingerprint density at radius 3 is 2.64 bits per heavy atom. The zero-order valence-corrected chi connectivity index (χ0v) is 16.1. The molecule has 0 spiro atoms. The molecule has 0 fully saturated rings. The average molecular weight is 399 g/mol. The van der Waals surface area contributed by atoms with E-state index in [4.69, 9.17) is 9.47 Å². The van der Waals surface area contributed by atoms with Gasteiger partial charge in [0.05, 0.1) is 18.6 Å². The molecule has 1 N–H and O–H groups in total. The van der Waals surface area contributed by atoms with Crippen LogP contribution in [-0.2, 0) is 9.53 Å². The monoisotopic (exact) mass is 399 g/mol. The smallest absolute Gasteiger partial charge is 0.344 e. The maximum absolute atomic E-state index is 14.0. The molecule has 5 nitrogen and oxygen atoms in total. The number of esters is 1. The number of carbonyl (C=O) groups excluding carboxylic acids is 1. The zero-order chi connectivity index (χ0) is 20.1. The van der Waals surface area contributed by atoms with Gasteiger partial charge >= 0.3 is 5.97 Å². The van der Waals surface area contributed by atoms with Crippen LogP contribution in [0.2, 0.25) is 0 Å². The van der Waals surface area contributed by atoms with Gasteiger partial charge in [0.15, 0.2) is 0 Å². The number of aliphatic hydroxyl groups is 1. The maximum Gasteiger partial charge on any atom is 0.344 e. The summed E-state index contributed by atoms with van der Waals surface area (Å²) in [5.41, 5.74) is 0.698. The molecular weight excluding hydrogens is 381 g/mol. The average Bonchev–Trinajstić information content (AvgIpc) is 2.99. The summed E-state index contributed by atoms with van der Waals surface area (Å²) < 4.78 is 24.4. The molecule has 0 saturated heterocycles. The standard InChI is InChI=1S/C21H18FNO4S/c1-3-27-21(25)18-19(24)17(12-13-8-4-7-11-16(13)26-2)28-20(18)23-15-10-6-5-9-14(15)22/h4-12,24H,3H2,1-2H3/b17-12-,23-20?. The summed E-state index contributed by atoms with van der Waals surface area (Å²) in [6.07, 6.45) is 1.68. The molecule has 0 atom stereocenters. The number of thioether (sulfide) groups is 1. The highest BCUT2D eigenvalue weighted by atomic mass is 32.2. The molecule has 0 aromatic heterocycles. The molecule has 2 aromatic rings. The number of hydrogen-bond donors (Lipinski definition) is 1. The minimum absolute atomic E-state index is 0.0677. The van der Waals surface area contributed by atoms with E-state index in [1.165, 1.54) is 12.1 Å². The van der Waals surface area contributed by atoms with Gasteiger partial charge in [-0.3, -0.25) is 0 Å². The molecule has 2 aromatic carbocycles. The van der Waals surface area contributed by atoms with Crippen LogP contribution < -0.4 is 4.74 Å². The predicted octanol–water partition coefficient (Wildman–Crippen LogP) is 5.03. The van der Waals surface area contributed by atoms with E-state index < -0.39 is 11.8 Å². The Kier molecular flexibility index (Phi) is 6.16. The SMILES string of the molecule is CCOC(=O)C1=C(O)/C(=C/c2ccccc2OC)SC1=Nc1ccccc1F. The summed E-state index contributed by atoms with van der Waals surface area (Å²) in [6, 6.07) is 13.2. The van der Waals surface area contributed by atoms with Crippen molar-refractivity contribution < 1.29 is 23.8 Å². The van der Waals surface area contributed by atoms with Gasteiger partial charge in [-0.1, -0.05) is 42.1 Å². The molecule has 1 aliphatic rings. The van der Waals surface area contributed by atoms with Crippen molar-refractivity contribution in [3.8, 4) is 5.75 Å². The Hall–Kier alpha value is -3.06. The molecule has 0 aliphatic carbocycles. The van der Waals surface area contributed by atoms with Crippen LogP contribution in [0.4, 0.5) is 10.1 Å². The highest BCUT2D eigenvalue weighted by molar-refractivity contribution is 8.18. The number of aliphatic imine (C=N–C) groups is 1. The van der Waals surface area contributed by atoms with E-state index in [9.17, 15) is 14.3 Å². The Bertz CT molecular complexity index is 997. The number of carbonyl (C=O) groups is 1. The van der Waals surface area contributed by atoms with Crippen molar-refractivity contribution in [3.05, 3.63) is 76.1 Å². The fourth-order valence-electron chi connectivity index (χ4n) is 2.57. The van der Waals surface area contributed by atoms with Crippen molar-refractivity contribution in [2.45, 2.75) is 6.92 Å². The summed E-state index contributed by atoms with van der Waals surface area (Å²) in [4.78, 5) is 17.0. The lowest BCUT2D eigenvalue weighted by Gasteiger charge is -2.05. The molecule has 0 unspecified atom stereocenters. The van der Waals surface area contributed by atoms with E-state index >= 15 is 0 Å². The third kappa shape index (κ3) is 4.09. The topological polar surface area (TPSA) is 68.1 Å². The summed E-state index contributed by atoms with van der Waals surface area (Å²) in [6.45, 7) is 1.80. The van der Waals surface area contributed by atoms with E-state index in [0.29, 0.717) is 10.7 Å². The van der Waals surface area contributed by atoms with Crippen LogP contribution in [0.15, 0.2) is 69.8 Å². The van der Waals surface area contributed by atoms with Crippen LogP contribution in [0.1, 0.15) is 12.5 Å². The minimum Gasteiger partial charge on any atom is -0.506 e. The van der Waals surface area contributed by atoms with E-state index in [1.54, 1.807) is 38.3 Å². The lowest BCUT2D eigenvalue weighted by atomic mass is 10.1. The lowest BCUT2D eigenvalue weighted by Crippen LogP contribution is -2.12. The first-order valence-electron chi connectivity index (χ1n) is 8.52. The first kappa shape index (κ1) is 19.7. The van der Waals surface area contributed by atoms with Crippen molar-refractivity contribution in [1.29, 1.82) is 0 Å². The van der Waals surface area contributed by atoms with E-state index in [1.807, 2.05) is 18.2 Å². The molecular formula is C21H18FNO4S. The molecule has 28 heavy (non-hydrogen) atoms. The highest BCUT2D eigenvalue weighted by Crippen LogP contribution is 2.41. The lowest BCUT2D eigenvalue weighted by molar-refractivity contribution is -0.138. The normalized spacial score (nSPS) is 16.7. The number of rotatable bonds is 5. The number of ether oxygens (including phenoxy) is 2. The highest BCUT2D eigenvalue weighted by Gasteiger charge is 2.33. The van der Waals surface area contributed by atoms with Gasteiger partial charge in [-0.2, -0.15) is 0 Å². The first-order valence-corrected chi connectivity index (χ1v) is 9.33. The van der Waals surface area contributed by atoms with Crippen LogP contribution in [-0.4, -0.2) is 29.8 Å². The minimum atomic E-state index is -0.717. The van der Waals surface area contributed by atoms with Gasteiger partial charge in [0, 0.05) is 5.56 Å². The fourth-order valence-corrected chi connectivity index (χ4v) is 3.59. The molecule has 1 aliphatic heterocycles. The van der Waals surface area contributed by atoms with Crippen LogP contribution in [0, 0.1) is 5.82 Å². The van der Waals surface area contributed by atoms with Gasteiger partial charge < -0.3 is 14.6 Å². The summed E-state index contributed by atoms with van der Waals surface area (Å²) in [7, 11) is 1.55. The third-order valence-electron chi connectivity index (χ3n) is 3.87. The summed E-state index contributed by atoms with van der Waals surface area (Å²) in [5.74, 6) is -0.892. The van der Waals surface area contributed by atoms with Crippen LogP contribution in [0.5, 0.6) is 5.75 Å². The Morgan fingerprint density at radius 1 is 1.21 bits per heavy atom. The Morgan fingerprint density at radius 2 is 1.93 bits per heavy atom. The summed E-state index contributed by atoms with van der Waals surface area (Å²) >= 11 is 1.06. The quantitative estimate of drug-likeness (QED) is 0.715. The molecule has 0 saturated carbocycles. The number of benzene rings is 2. The molecule has 0 radical (unpaired) electrons. The molecule has 0 amide bonds. The third-order valence-corrected chi connectivity index (χ3v) is 4.89. The first-order chi connectivity index (χ1) is 13.5. The second-order valence-electron chi connectivity index (χ2n) is 5.67. The van der Waals surface area contributed by atoms with Gasteiger partial charge in [0.2, 0.25) is 0 Å². The van der Waals surface area contributed by atoms with Gasteiger partial charge in [0.25, 0.3) is 0 Å². The van der Waals surface area contributed by atoms with Crippen LogP contribution in [0.25, 0.3) is 6.08 Å². The van der Waals surface area contributed by atoms with Gasteiger partial charge in [0.1, 0.15) is 33.6 Å². The number of hydrogen-bond acceptors (Lipinski definition) is 6. The van der Waals surface area contributed by atoms with Crippen molar-refractivity contribution in [3.63, 3.8) is 0 Å². The maximum atomic E-state index is 14.0. The largest absolute Gasteiger partial charge is 0.506 e. The van der Waals surface area contributed by atoms with Crippen molar-refractivity contribution in [1.82, 2.24) is 0 Å². The number of para-hydroxylation sites is 2. The second kappa shape index (κ2) is 8.75. The Balaban J connectivity index is 2.09. The zero-order valence-electron chi connectivity index (χ0n) is 15.3. The number of methoxy groups -OCH3 is 1. The predicted molar refractivity (Wildman–Crippen MR) is 108 cm³/mol. The Labute approximate surface area is 166 Å². The second-order valence-corrected chi connectivity index (χ2v) is 6.70. The van der Waals surface area contributed by atoms with Gasteiger partial charge in [-0.05, 0) is 31.2 Å². The van der Waals surface area contributed by atoms with E-state index in [2.05, 4.69) is 4.99 Å². The van der Waals surface area contributed by atoms with E-state index in [0.717, 1.165) is 17.3 Å². The number of nitrogens with zero attached hydrogens (tertiary/aromatic N) is 1. The summed E-state index contributed by atoms with van der Waals surface area (Å²) in [5, 5.41) is 10.8. The molecule has 144 valence electrons. The number of aliphatic hydroxyl groups excluding tert-OH is 1. The van der Waals surface area contributed by atoms with Gasteiger partial charge in [-0.25, -0.2) is 14.2 Å². The van der Waals surface area contributed by atoms with Gasteiger partial charge in [-0.15, -0.1) is 0 Å². The van der Waals surface area contributed by atoms with Crippen LogP contribution in [0.3, 0.4) is 0 Å². The van der Waals surface area contributed by atoms with E-state index in [-0.39, 0.29) is 28.7 Å². The molecule has 0 bridgehead atoms. The molecule has 7 heteroatoms. The van der Waals surface area contributed by atoms with Crippen molar-refractivity contribution >= 4 is 34.5 Å².